The molecule has 0 amide bonds. The highest BCUT2D eigenvalue weighted by Crippen LogP contribution is 2.23. The summed E-state index contributed by atoms with van der Waals surface area (Å²) in [6.07, 6.45) is 5.82. The molecular weight excluding hydrogens is 296 g/mol. The molecule has 1 aliphatic heterocycles. The summed E-state index contributed by atoms with van der Waals surface area (Å²) in [5.41, 5.74) is 2.30. The van der Waals surface area contributed by atoms with Crippen molar-refractivity contribution in [2.45, 2.75) is 43.9 Å². The molecule has 1 aromatic carbocycles. The van der Waals surface area contributed by atoms with Crippen LogP contribution in [0.2, 0.25) is 0 Å². The largest absolute Gasteiger partial charge is 0.240 e. The summed E-state index contributed by atoms with van der Waals surface area (Å²) in [4.78, 5) is 0.320. The Balaban J connectivity index is 2.00. The van der Waals surface area contributed by atoms with E-state index < -0.39 is 10.0 Å². The Hall–Kier alpha value is -1.46. The first kappa shape index (κ1) is 16.9. The number of rotatable bonds is 5. The van der Waals surface area contributed by atoms with Gasteiger partial charge < -0.3 is 0 Å². The van der Waals surface area contributed by atoms with Crippen LogP contribution in [-0.4, -0.2) is 32.8 Å². The number of nitrogens with one attached hydrogen (secondary N) is 1. The monoisotopic (exact) mass is 321 g/mol. The quantitative estimate of drug-likeness (QED) is 0.848. The number of hydrogen-bond acceptors (Lipinski definition) is 2. The van der Waals surface area contributed by atoms with Gasteiger partial charge in [-0.1, -0.05) is 32.9 Å². The summed E-state index contributed by atoms with van der Waals surface area (Å²) in [5.74, 6) is 0. The molecule has 1 heterocycles. The molecule has 0 atom stereocenters. The van der Waals surface area contributed by atoms with Crippen LogP contribution in [0, 0.1) is 0 Å². The third kappa shape index (κ3) is 4.05. The van der Waals surface area contributed by atoms with Crippen LogP contribution >= 0.6 is 0 Å². The van der Waals surface area contributed by atoms with Gasteiger partial charge in [0.15, 0.2) is 5.70 Å². The summed E-state index contributed by atoms with van der Waals surface area (Å²) >= 11 is 0. The molecule has 5 heteroatoms. The van der Waals surface area contributed by atoms with Crippen LogP contribution in [0.5, 0.6) is 0 Å². The first-order valence-electron chi connectivity index (χ1n) is 7.55. The second-order valence-electron chi connectivity index (χ2n) is 6.65. The van der Waals surface area contributed by atoms with E-state index in [2.05, 4.69) is 37.8 Å². The van der Waals surface area contributed by atoms with Crippen LogP contribution in [0.3, 0.4) is 0 Å². The lowest BCUT2D eigenvalue weighted by molar-refractivity contribution is -0.438. The molecule has 1 N–H and O–H groups in total. The van der Waals surface area contributed by atoms with Crippen molar-refractivity contribution in [1.29, 1.82) is 0 Å². The standard InChI is InChI=1S/C17H25N2O2S/c1-17(2,3)14-7-9-16(10-8-14)22(20,21)18-12-11-15-6-5-13-19(15)4/h6-10,13,18H,5,11-12H2,1-4H3/q+1. The fourth-order valence-electron chi connectivity index (χ4n) is 2.42. The molecule has 0 aromatic heterocycles. The van der Waals surface area contributed by atoms with E-state index in [4.69, 9.17) is 0 Å². The maximum Gasteiger partial charge on any atom is 0.240 e. The van der Waals surface area contributed by atoms with E-state index in [1.807, 2.05) is 23.8 Å². The lowest BCUT2D eigenvalue weighted by atomic mass is 9.87. The van der Waals surface area contributed by atoms with Crippen LogP contribution in [-0.2, 0) is 15.4 Å². The topological polar surface area (TPSA) is 49.2 Å². The zero-order valence-electron chi connectivity index (χ0n) is 13.8. The van der Waals surface area contributed by atoms with Gasteiger partial charge in [0.25, 0.3) is 0 Å². The van der Waals surface area contributed by atoms with E-state index in [1.54, 1.807) is 12.1 Å². The molecule has 120 valence electrons. The number of nitrogens with zero attached hydrogens (tertiary/aromatic N) is 1. The Morgan fingerprint density at radius 2 is 1.82 bits per heavy atom. The van der Waals surface area contributed by atoms with Gasteiger partial charge in [0.1, 0.15) is 13.3 Å². The Morgan fingerprint density at radius 1 is 1.18 bits per heavy atom. The molecule has 2 rings (SSSR count). The van der Waals surface area contributed by atoms with Crippen molar-refractivity contribution in [3.8, 4) is 0 Å². The second kappa shape index (κ2) is 6.34. The van der Waals surface area contributed by atoms with E-state index in [0.717, 1.165) is 17.7 Å². The van der Waals surface area contributed by atoms with Crippen molar-refractivity contribution in [2.75, 3.05) is 13.6 Å². The fraction of sp³-hybridized carbons (Fsp3) is 0.471. The molecule has 0 unspecified atom stereocenters. The summed E-state index contributed by atoms with van der Waals surface area (Å²) in [6.45, 7) is 6.74. The minimum atomic E-state index is -3.44. The van der Waals surface area contributed by atoms with Crippen molar-refractivity contribution in [2.24, 2.45) is 0 Å². The van der Waals surface area contributed by atoms with Crippen molar-refractivity contribution < 1.29 is 13.0 Å². The third-order valence-corrected chi connectivity index (χ3v) is 5.37. The number of hydrogen-bond donors (Lipinski definition) is 1. The Labute approximate surface area is 133 Å². The first-order valence-corrected chi connectivity index (χ1v) is 9.04. The Morgan fingerprint density at radius 3 is 2.32 bits per heavy atom. The fourth-order valence-corrected chi connectivity index (χ4v) is 3.45. The second-order valence-corrected chi connectivity index (χ2v) is 8.41. The molecule has 1 aromatic rings. The maximum absolute atomic E-state index is 12.3. The van der Waals surface area contributed by atoms with Crippen molar-refractivity contribution >= 4 is 16.2 Å². The SMILES string of the molecule is C[N+]1=CCC=C1CCNS(=O)(=O)c1ccc(C(C)(C)C)cc1. The van der Waals surface area contributed by atoms with E-state index in [1.165, 1.54) is 0 Å². The molecule has 4 nitrogen and oxygen atoms in total. The molecule has 1 aliphatic rings. The van der Waals surface area contributed by atoms with E-state index >= 15 is 0 Å². The zero-order valence-corrected chi connectivity index (χ0v) is 14.6. The van der Waals surface area contributed by atoms with Crippen LogP contribution < -0.4 is 4.72 Å². The summed E-state index contributed by atoms with van der Waals surface area (Å²) in [6, 6.07) is 7.13. The van der Waals surface area contributed by atoms with Gasteiger partial charge in [-0.05, 0) is 29.2 Å². The normalized spacial score (nSPS) is 15.6. The predicted octanol–water partition coefficient (Wildman–Crippen LogP) is 2.65. The molecule has 0 saturated carbocycles. The van der Waals surface area contributed by atoms with Crippen LogP contribution in [0.4, 0.5) is 0 Å². The van der Waals surface area contributed by atoms with E-state index in [0.29, 0.717) is 17.9 Å². The average Bonchev–Trinajstić information content (AvgIpc) is 2.83. The summed E-state index contributed by atoms with van der Waals surface area (Å²) < 4.78 is 29.3. The molecule has 0 radical (unpaired) electrons. The average molecular weight is 321 g/mol. The van der Waals surface area contributed by atoms with Gasteiger partial charge in [-0.2, -0.15) is 0 Å². The van der Waals surface area contributed by atoms with Crippen molar-refractivity contribution in [3.63, 3.8) is 0 Å². The van der Waals surface area contributed by atoms with Crippen molar-refractivity contribution in [1.82, 2.24) is 4.72 Å². The van der Waals surface area contributed by atoms with Gasteiger partial charge in [0.05, 0.1) is 4.90 Å². The molecule has 0 aliphatic carbocycles. The van der Waals surface area contributed by atoms with Crippen LogP contribution in [0.1, 0.15) is 39.2 Å². The Kier molecular flexibility index (Phi) is 4.87. The lowest BCUT2D eigenvalue weighted by Gasteiger charge is -2.19. The highest BCUT2D eigenvalue weighted by atomic mass is 32.2. The smallest absolute Gasteiger partial charge is 0.211 e. The third-order valence-electron chi connectivity index (χ3n) is 3.89. The number of benzene rings is 1. The predicted molar refractivity (Wildman–Crippen MR) is 89.9 cm³/mol. The number of allylic oxidation sites excluding steroid dienone is 1. The highest BCUT2D eigenvalue weighted by molar-refractivity contribution is 7.89. The van der Waals surface area contributed by atoms with E-state index in [9.17, 15) is 8.42 Å². The van der Waals surface area contributed by atoms with Gasteiger partial charge in [-0.15, -0.1) is 0 Å². The molecule has 22 heavy (non-hydrogen) atoms. The van der Waals surface area contributed by atoms with Gasteiger partial charge in [-0.25, -0.2) is 17.7 Å². The molecule has 0 bridgehead atoms. The summed E-state index contributed by atoms with van der Waals surface area (Å²) in [7, 11) is -1.45. The highest BCUT2D eigenvalue weighted by Gasteiger charge is 2.18. The molecular formula is C17H25N2O2S+. The molecule has 0 saturated heterocycles. The molecule has 0 spiro atoms. The Bertz CT molecular complexity index is 693. The maximum atomic E-state index is 12.3. The van der Waals surface area contributed by atoms with Crippen LogP contribution in [0.15, 0.2) is 40.9 Å². The lowest BCUT2D eigenvalue weighted by Crippen LogP contribution is -2.26. The van der Waals surface area contributed by atoms with E-state index in [-0.39, 0.29) is 5.41 Å². The summed E-state index contributed by atoms with van der Waals surface area (Å²) in [5, 5.41) is 0. The van der Waals surface area contributed by atoms with Gasteiger partial charge in [0, 0.05) is 19.4 Å². The van der Waals surface area contributed by atoms with Gasteiger partial charge in [0.2, 0.25) is 10.0 Å². The van der Waals surface area contributed by atoms with Crippen LogP contribution in [0.25, 0.3) is 0 Å². The zero-order chi connectivity index (χ0) is 16.4. The number of sulfonamides is 1. The first-order chi connectivity index (χ1) is 10.2. The van der Waals surface area contributed by atoms with Crippen molar-refractivity contribution in [3.05, 3.63) is 41.6 Å². The minimum Gasteiger partial charge on any atom is -0.211 e. The minimum absolute atomic E-state index is 0.0196. The van der Waals surface area contributed by atoms with Gasteiger partial charge in [-0.3, -0.25) is 0 Å². The van der Waals surface area contributed by atoms with Gasteiger partial charge >= 0.3 is 0 Å². The molecule has 0 fully saturated rings.